The van der Waals surface area contributed by atoms with Gasteiger partial charge in [-0.15, -0.1) is 0 Å². The first-order valence-electron chi connectivity index (χ1n) is 14.2. The van der Waals surface area contributed by atoms with Gasteiger partial charge in [-0.05, 0) is 43.6 Å². The van der Waals surface area contributed by atoms with Gasteiger partial charge in [0.2, 0.25) is 12.6 Å². The van der Waals surface area contributed by atoms with E-state index >= 15 is 0 Å². The fourth-order valence-corrected chi connectivity index (χ4v) is 6.86. The summed E-state index contributed by atoms with van der Waals surface area (Å²) in [6.07, 6.45) is 2.31. The number of carbonyl (C=O) groups excluding carboxylic acids is 4. The fraction of sp³-hybridized carbons (Fsp3) is 0.677. The summed E-state index contributed by atoms with van der Waals surface area (Å²) in [5, 5.41) is 0. The van der Waals surface area contributed by atoms with Crippen LogP contribution in [-0.2, 0) is 47.6 Å². The van der Waals surface area contributed by atoms with Crippen LogP contribution in [0.5, 0.6) is 0 Å². The van der Waals surface area contributed by atoms with Crippen molar-refractivity contribution in [1.82, 2.24) is 0 Å². The Morgan fingerprint density at radius 2 is 1.68 bits per heavy atom. The Morgan fingerprint density at radius 3 is 2.22 bits per heavy atom. The standard InChI is InChI=1S/C31H44O10/c1-10-12-25(35)40-26-18(4)30(8,14-13-17(3)11-2)24-16-22(36-9)15-23-28(38-20(6)33)41-29(39-21(7)34)31(23,24)27(26)37-19(5)32/h11,13,15,18,22,24,26-29H,2,10,12,14,16H2,1,3-9H3/b17-13+/t18-,22+,24+,26-,27+,28+,29-,30-,31-/m1/s1. The predicted molar refractivity (Wildman–Crippen MR) is 148 cm³/mol. The zero-order chi connectivity index (χ0) is 30.7. The summed E-state index contributed by atoms with van der Waals surface area (Å²) < 4.78 is 35.6. The molecule has 0 amide bonds. The third-order valence-electron chi connectivity index (χ3n) is 8.95. The quantitative estimate of drug-likeness (QED) is 0.158. The highest BCUT2D eigenvalue weighted by Gasteiger charge is 2.75. The minimum Gasteiger partial charge on any atom is -0.458 e. The molecule has 10 heteroatoms. The molecule has 1 saturated heterocycles. The first-order valence-corrected chi connectivity index (χ1v) is 14.2. The van der Waals surface area contributed by atoms with E-state index in [-0.39, 0.29) is 12.3 Å². The maximum Gasteiger partial charge on any atom is 0.306 e. The average molecular weight is 577 g/mol. The maximum atomic E-state index is 13.0. The van der Waals surface area contributed by atoms with Crippen molar-refractivity contribution in [3.05, 3.63) is 36.0 Å². The Labute approximate surface area is 242 Å². The first kappa shape index (κ1) is 32.5. The number of ether oxygens (including phenoxy) is 6. The molecule has 1 aliphatic heterocycles. The Bertz CT molecular complexity index is 1110. The zero-order valence-corrected chi connectivity index (χ0v) is 25.4. The van der Waals surface area contributed by atoms with Crippen molar-refractivity contribution in [3.8, 4) is 0 Å². The topological polar surface area (TPSA) is 124 Å². The molecule has 0 aromatic carbocycles. The lowest BCUT2D eigenvalue weighted by Crippen LogP contribution is -2.69. The Kier molecular flexibility index (Phi) is 10.2. The number of hydrogen-bond donors (Lipinski definition) is 0. The van der Waals surface area contributed by atoms with Crippen molar-refractivity contribution in [3.63, 3.8) is 0 Å². The van der Waals surface area contributed by atoms with Crippen LogP contribution in [0, 0.1) is 22.7 Å². The number of allylic oxidation sites excluding steroid dienone is 3. The molecule has 3 aliphatic rings. The van der Waals surface area contributed by atoms with Crippen LogP contribution in [0.15, 0.2) is 36.0 Å². The lowest BCUT2D eigenvalue weighted by molar-refractivity contribution is -0.279. The largest absolute Gasteiger partial charge is 0.458 e. The van der Waals surface area contributed by atoms with Gasteiger partial charge in [-0.3, -0.25) is 23.9 Å². The van der Waals surface area contributed by atoms with Crippen LogP contribution in [0.25, 0.3) is 0 Å². The van der Waals surface area contributed by atoms with Gasteiger partial charge in [-0.25, -0.2) is 0 Å². The van der Waals surface area contributed by atoms with Crippen molar-refractivity contribution in [1.29, 1.82) is 0 Å². The number of hydrogen-bond acceptors (Lipinski definition) is 10. The van der Waals surface area contributed by atoms with Gasteiger partial charge in [0.15, 0.2) is 6.10 Å². The van der Waals surface area contributed by atoms with E-state index in [0.717, 1.165) is 5.57 Å². The predicted octanol–water partition coefficient (Wildman–Crippen LogP) is 4.56. The monoisotopic (exact) mass is 576 g/mol. The van der Waals surface area contributed by atoms with Crippen LogP contribution in [0.1, 0.15) is 74.1 Å². The Hall–Kier alpha value is -2.98. The van der Waals surface area contributed by atoms with E-state index in [2.05, 4.69) is 19.6 Å². The van der Waals surface area contributed by atoms with Crippen molar-refractivity contribution < 1.29 is 47.6 Å². The van der Waals surface area contributed by atoms with E-state index in [1.165, 1.54) is 20.8 Å². The van der Waals surface area contributed by atoms with Crippen molar-refractivity contribution in [2.75, 3.05) is 7.11 Å². The molecule has 228 valence electrons. The number of carbonyl (C=O) groups is 4. The van der Waals surface area contributed by atoms with Crippen LogP contribution < -0.4 is 0 Å². The molecule has 9 atom stereocenters. The van der Waals surface area contributed by atoms with Crippen LogP contribution >= 0.6 is 0 Å². The van der Waals surface area contributed by atoms with Crippen molar-refractivity contribution in [2.45, 2.75) is 105 Å². The Morgan fingerprint density at radius 1 is 1.05 bits per heavy atom. The Balaban J connectivity index is 2.41. The molecule has 1 saturated carbocycles. The molecule has 2 fully saturated rings. The molecule has 0 unspecified atom stereocenters. The van der Waals surface area contributed by atoms with Gasteiger partial charge in [-0.1, -0.05) is 45.1 Å². The second-order valence-electron chi connectivity index (χ2n) is 11.5. The van der Waals surface area contributed by atoms with E-state index in [9.17, 15) is 19.2 Å². The molecule has 1 heterocycles. The molecule has 0 radical (unpaired) electrons. The molecule has 10 nitrogen and oxygen atoms in total. The highest BCUT2D eigenvalue weighted by atomic mass is 16.8. The highest BCUT2D eigenvalue weighted by Crippen LogP contribution is 2.68. The van der Waals surface area contributed by atoms with Gasteiger partial charge in [0, 0.05) is 45.8 Å². The van der Waals surface area contributed by atoms with Crippen LogP contribution in [-0.4, -0.2) is 61.9 Å². The molecule has 2 aliphatic carbocycles. The molecule has 0 aromatic rings. The van der Waals surface area contributed by atoms with E-state index < -0.39 is 71.5 Å². The molecule has 0 N–H and O–H groups in total. The first-order chi connectivity index (χ1) is 19.3. The normalized spacial score (nSPS) is 36.2. The van der Waals surface area contributed by atoms with E-state index in [1.54, 1.807) is 19.3 Å². The van der Waals surface area contributed by atoms with Crippen LogP contribution in [0.2, 0.25) is 0 Å². The molecule has 0 bridgehead atoms. The summed E-state index contributed by atoms with van der Waals surface area (Å²) in [4.78, 5) is 50.4. The summed E-state index contributed by atoms with van der Waals surface area (Å²) in [7, 11) is 1.58. The third kappa shape index (κ3) is 6.14. The number of methoxy groups -OCH3 is 1. The second-order valence-corrected chi connectivity index (χ2v) is 11.5. The number of esters is 4. The van der Waals surface area contributed by atoms with Crippen molar-refractivity contribution >= 4 is 23.9 Å². The lowest BCUT2D eigenvalue weighted by Gasteiger charge is -2.62. The fourth-order valence-electron chi connectivity index (χ4n) is 6.86. The smallest absolute Gasteiger partial charge is 0.306 e. The summed E-state index contributed by atoms with van der Waals surface area (Å²) in [5.74, 6) is -3.03. The molecule has 0 aromatic heterocycles. The van der Waals surface area contributed by atoms with Crippen molar-refractivity contribution in [2.24, 2.45) is 22.7 Å². The minimum absolute atomic E-state index is 0.174. The van der Waals surface area contributed by atoms with Gasteiger partial charge in [0.05, 0.1) is 6.10 Å². The number of rotatable bonds is 10. The van der Waals surface area contributed by atoms with Gasteiger partial charge in [-0.2, -0.15) is 0 Å². The zero-order valence-electron chi connectivity index (χ0n) is 25.4. The SMILES string of the molecule is C=C/C(C)=C/C[C@]1(C)[C@H](C)[C@@H](OC(=O)CCC)[C@H](OC(C)=O)[C@@]23C(=C[C@H](OC)C[C@@H]12)[C@@H](OC(C)=O)O[C@H]3OC(C)=O. The van der Waals surface area contributed by atoms with E-state index in [1.807, 2.05) is 20.8 Å². The minimum atomic E-state index is -1.36. The molecule has 1 spiro atoms. The van der Waals surface area contributed by atoms with E-state index in [4.69, 9.17) is 28.4 Å². The van der Waals surface area contributed by atoms with Crippen LogP contribution in [0.4, 0.5) is 0 Å². The average Bonchev–Trinajstić information content (AvgIpc) is 3.18. The molecule has 41 heavy (non-hydrogen) atoms. The lowest BCUT2D eigenvalue weighted by atomic mass is 9.44. The van der Waals surface area contributed by atoms with Gasteiger partial charge in [0.1, 0.15) is 11.5 Å². The second kappa shape index (κ2) is 12.9. The van der Waals surface area contributed by atoms with Gasteiger partial charge < -0.3 is 23.7 Å². The highest BCUT2D eigenvalue weighted by molar-refractivity contribution is 5.70. The maximum absolute atomic E-state index is 13.0. The summed E-state index contributed by atoms with van der Waals surface area (Å²) in [5.41, 5.74) is -0.587. The summed E-state index contributed by atoms with van der Waals surface area (Å²) >= 11 is 0. The molecular formula is C31H44O10. The molecular weight excluding hydrogens is 532 g/mol. The summed E-state index contributed by atoms with van der Waals surface area (Å²) in [6, 6.07) is 0. The van der Waals surface area contributed by atoms with Gasteiger partial charge >= 0.3 is 23.9 Å². The molecule has 3 rings (SSSR count). The van der Waals surface area contributed by atoms with Crippen LogP contribution in [0.3, 0.4) is 0 Å². The third-order valence-corrected chi connectivity index (χ3v) is 8.95. The van der Waals surface area contributed by atoms with Gasteiger partial charge in [0.25, 0.3) is 0 Å². The van der Waals surface area contributed by atoms with E-state index in [0.29, 0.717) is 24.8 Å². The summed E-state index contributed by atoms with van der Waals surface area (Å²) in [6.45, 7) is 15.5.